The van der Waals surface area contributed by atoms with Crippen molar-refractivity contribution in [2.75, 3.05) is 14.7 Å². The standard InChI is InChI=1S/C49H39N4O.Pt/c1-34-29-48(50-32-45(34)35-13-6-5-7-14-35)53-46-20-11-10-19-43(46)41-17-8-9-18-42(41)44-26-25-40(31-47(44)53)54-39-16-12-15-38(30-39)52-28-27-51(33-52)37-23-21-36(22-24-37)49(2,3)4;/h5-29,32-33H,1-4H3;/q-3;. The molecule has 6 heteroatoms. The van der Waals surface area contributed by atoms with Crippen molar-refractivity contribution < 1.29 is 25.8 Å². The van der Waals surface area contributed by atoms with Crippen molar-refractivity contribution in [2.45, 2.75) is 33.1 Å². The predicted octanol–water partition coefficient (Wildman–Crippen LogP) is 12.8. The molecule has 0 saturated carbocycles. The van der Waals surface area contributed by atoms with Crippen molar-refractivity contribution in [3.8, 4) is 44.9 Å². The molecule has 0 spiro atoms. The molecular weight excluding hydrogens is 856 g/mol. The molecule has 0 atom stereocenters. The Labute approximate surface area is 338 Å². The van der Waals surface area contributed by atoms with Gasteiger partial charge in [0.25, 0.3) is 0 Å². The number of anilines is 5. The third-order valence-corrected chi connectivity index (χ3v) is 10.1. The number of pyridine rings is 1. The number of aromatic nitrogens is 1. The summed E-state index contributed by atoms with van der Waals surface area (Å²) < 4.78 is 6.57. The molecule has 5 nitrogen and oxygen atoms in total. The van der Waals surface area contributed by atoms with E-state index >= 15 is 0 Å². The fraction of sp³-hybridized carbons (Fsp3) is 0.102. The number of hydrogen-bond acceptors (Lipinski definition) is 5. The molecule has 7 aromatic rings. The van der Waals surface area contributed by atoms with Crippen LogP contribution in [-0.4, -0.2) is 4.98 Å². The number of nitrogens with zero attached hydrogens (tertiary/aromatic N) is 4. The predicted molar refractivity (Wildman–Crippen MR) is 221 cm³/mol. The van der Waals surface area contributed by atoms with Crippen LogP contribution in [0.2, 0.25) is 0 Å². The Bertz CT molecular complexity index is 2520. The SMILES string of the molecule is Cc1cc(N2c3[c-]c(Oc4[c-]c(N5C=CN(c6ccc(C(C)(C)C)cc6)[CH-]5)ccc4)ccc3-c3ccccc3-c3ccccc32)ncc1-c1ccccc1.[Pt]. The van der Waals surface area contributed by atoms with Crippen molar-refractivity contribution in [2.24, 2.45) is 0 Å². The van der Waals surface area contributed by atoms with Gasteiger partial charge in [-0.1, -0.05) is 117 Å². The second-order valence-electron chi connectivity index (χ2n) is 14.7. The number of para-hydroxylation sites is 1. The van der Waals surface area contributed by atoms with Crippen LogP contribution in [0.5, 0.6) is 11.5 Å². The van der Waals surface area contributed by atoms with Crippen LogP contribution in [0.15, 0.2) is 158 Å². The number of fused-ring (bicyclic) bond motifs is 5. The molecule has 6 aromatic carbocycles. The van der Waals surface area contributed by atoms with Gasteiger partial charge < -0.3 is 19.4 Å². The Morgan fingerprint density at radius 1 is 0.618 bits per heavy atom. The number of rotatable bonds is 6. The van der Waals surface area contributed by atoms with Gasteiger partial charge in [-0.05, 0) is 71.3 Å². The molecule has 3 heterocycles. The first-order valence-electron chi connectivity index (χ1n) is 18.3. The van der Waals surface area contributed by atoms with Gasteiger partial charge >= 0.3 is 0 Å². The molecule has 0 fully saturated rings. The summed E-state index contributed by atoms with van der Waals surface area (Å²) in [5, 5.41) is 0. The van der Waals surface area contributed by atoms with Gasteiger partial charge in [0.1, 0.15) is 5.82 Å². The van der Waals surface area contributed by atoms with E-state index in [1.54, 1.807) is 0 Å². The summed E-state index contributed by atoms with van der Waals surface area (Å²) in [7, 11) is 0. The molecule has 0 bridgehead atoms. The molecule has 0 N–H and O–H groups in total. The maximum atomic E-state index is 6.57. The number of hydrogen-bond donors (Lipinski definition) is 0. The van der Waals surface area contributed by atoms with Crippen LogP contribution in [0.4, 0.5) is 28.6 Å². The molecule has 55 heavy (non-hydrogen) atoms. The molecular formula is C49H39N4OPt-3. The van der Waals surface area contributed by atoms with Crippen LogP contribution >= 0.6 is 0 Å². The zero-order valence-corrected chi connectivity index (χ0v) is 33.4. The number of aryl methyl sites for hydroxylation is 1. The zero-order valence-electron chi connectivity index (χ0n) is 31.1. The van der Waals surface area contributed by atoms with E-state index in [1.165, 1.54) is 5.56 Å². The first-order chi connectivity index (χ1) is 26.3. The van der Waals surface area contributed by atoms with Crippen LogP contribution in [0.25, 0.3) is 33.4 Å². The van der Waals surface area contributed by atoms with Gasteiger partial charge in [0.15, 0.2) is 0 Å². The molecule has 0 aliphatic carbocycles. The molecule has 0 amide bonds. The quantitative estimate of drug-likeness (QED) is 0.155. The van der Waals surface area contributed by atoms with E-state index in [2.05, 4.69) is 172 Å². The van der Waals surface area contributed by atoms with Crippen molar-refractivity contribution in [3.63, 3.8) is 0 Å². The maximum Gasteiger partial charge on any atom is 0.135 e. The van der Waals surface area contributed by atoms with Crippen LogP contribution < -0.4 is 19.4 Å². The van der Waals surface area contributed by atoms with E-state index in [0.717, 1.165) is 67.5 Å². The monoisotopic (exact) mass is 894 g/mol. The Kier molecular flexibility index (Phi) is 9.67. The maximum absolute atomic E-state index is 6.57. The summed E-state index contributed by atoms with van der Waals surface area (Å²) in [6.45, 7) is 10.9. The van der Waals surface area contributed by atoms with Gasteiger partial charge in [-0.3, -0.25) is 0 Å². The van der Waals surface area contributed by atoms with E-state index in [9.17, 15) is 0 Å². The second-order valence-corrected chi connectivity index (χ2v) is 14.7. The second kappa shape index (κ2) is 14.7. The molecule has 9 rings (SSSR count). The van der Waals surface area contributed by atoms with Gasteiger partial charge in [0.2, 0.25) is 0 Å². The van der Waals surface area contributed by atoms with Crippen molar-refractivity contribution >= 4 is 28.6 Å². The van der Waals surface area contributed by atoms with Crippen LogP contribution in [-0.2, 0) is 26.5 Å². The Morgan fingerprint density at radius 3 is 2.04 bits per heavy atom. The number of benzene rings is 6. The summed E-state index contributed by atoms with van der Waals surface area (Å²) in [4.78, 5) is 11.5. The fourth-order valence-electron chi connectivity index (χ4n) is 7.26. The summed E-state index contributed by atoms with van der Waals surface area (Å²) in [6, 6.07) is 55.6. The fourth-order valence-corrected chi connectivity index (χ4v) is 7.26. The molecule has 2 aliphatic heterocycles. The Hall–Kier alpha value is -5.90. The van der Waals surface area contributed by atoms with E-state index < -0.39 is 0 Å². The van der Waals surface area contributed by atoms with Gasteiger partial charge in [0.05, 0.1) is 5.69 Å². The average Bonchev–Trinajstić information content (AvgIpc) is 3.65. The van der Waals surface area contributed by atoms with Crippen molar-refractivity contribution in [1.82, 2.24) is 4.98 Å². The smallest absolute Gasteiger partial charge is 0.135 e. The van der Waals surface area contributed by atoms with Crippen molar-refractivity contribution in [1.29, 1.82) is 0 Å². The molecule has 0 radical (unpaired) electrons. The van der Waals surface area contributed by atoms with Gasteiger partial charge in [-0.25, -0.2) is 4.98 Å². The minimum Gasteiger partial charge on any atom is -0.509 e. The molecule has 274 valence electrons. The summed E-state index contributed by atoms with van der Waals surface area (Å²) in [5.41, 5.74) is 13.1. The summed E-state index contributed by atoms with van der Waals surface area (Å²) in [5.74, 6) is 1.99. The third-order valence-electron chi connectivity index (χ3n) is 10.1. The summed E-state index contributed by atoms with van der Waals surface area (Å²) >= 11 is 0. The van der Waals surface area contributed by atoms with Crippen LogP contribution in [0.3, 0.4) is 0 Å². The van der Waals surface area contributed by atoms with Gasteiger partial charge in [-0.2, -0.15) is 12.1 Å². The summed E-state index contributed by atoms with van der Waals surface area (Å²) in [6.07, 6.45) is 6.07. The average molecular weight is 895 g/mol. The largest absolute Gasteiger partial charge is 0.509 e. The Morgan fingerprint density at radius 2 is 1.29 bits per heavy atom. The first-order valence-corrected chi connectivity index (χ1v) is 18.3. The van der Waals surface area contributed by atoms with E-state index in [0.29, 0.717) is 11.5 Å². The van der Waals surface area contributed by atoms with Crippen LogP contribution in [0, 0.1) is 25.7 Å². The van der Waals surface area contributed by atoms with Crippen LogP contribution in [0.1, 0.15) is 31.9 Å². The molecule has 1 aromatic heterocycles. The van der Waals surface area contributed by atoms with Gasteiger partial charge in [0, 0.05) is 55.6 Å². The van der Waals surface area contributed by atoms with Crippen molar-refractivity contribution in [3.05, 3.63) is 188 Å². The Balaban J connectivity index is 0.00000427. The van der Waals surface area contributed by atoms with E-state index in [1.807, 2.05) is 47.6 Å². The first kappa shape index (κ1) is 36.1. The molecule has 0 saturated heterocycles. The zero-order chi connectivity index (χ0) is 36.8. The molecule has 0 unspecified atom stereocenters. The van der Waals surface area contributed by atoms with E-state index in [4.69, 9.17) is 9.72 Å². The minimum absolute atomic E-state index is 0. The van der Waals surface area contributed by atoms with E-state index in [-0.39, 0.29) is 26.5 Å². The third kappa shape index (κ3) is 6.97. The number of ether oxygens (including phenoxy) is 1. The molecule has 2 aliphatic rings. The van der Waals surface area contributed by atoms with Gasteiger partial charge in [-0.15, -0.1) is 48.3 Å². The minimum atomic E-state index is 0. The topological polar surface area (TPSA) is 31.8 Å². The normalized spacial score (nSPS) is 13.1.